The molecule has 2 rings (SSSR count). The Morgan fingerprint density at radius 2 is 2.32 bits per heavy atom. The van der Waals surface area contributed by atoms with Crippen LogP contribution in [-0.4, -0.2) is 23.8 Å². The summed E-state index contributed by atoms with van der Waals surface area (Å²) < 4.78 is 18.7. The summed E-state index contributed by atoms with van der Waals surface area (Å²) in [6, 6.07) is 6.14. The number of carboxylic acid groups (broad SMARTS) is 1. The lowest BCUT2D eigenvalue weighted by Gasteiger charge is -2.25. The second-order valence-corrected chi connectivity index (χ2v) is 5.09. The molecule has 1 heterocycles. The van der Waals surface area contributed by atoms with Crippen molar-refractivity contribution in [2.75, 3.05) is 6.61 Å². The van der Waals surface area contributed by atoms with Crippen LogP contribution < -0.4 is 0 Å². The molecule has 1 saturated heterocycles. The van der Waals surface area contributed by atoms with Gasteiger partial charge in [-0.25, -0.2) is 4.39 Å². The van der Waals surface area contributed by atoms with Gasteiger partial charge < -0.3 is 9.84 Å². The minimum absolute atomic E-state index is 0.0309. The van der Waals surface area contributed by atoms with E-state index >= 15 is 0 Å². The lowest BCUT2D eigenvalue weighted by atomic mass is 9.91. The molecule has 2 unspecified atom stereocenters. The first-order chi connectivity index (χ1) is 9.15. The van der Waals surface area contributed by atoms with E-state index in [2.05, 4.69) is 0 Å². The molecule has 0 saturated carbocycles. The van der Waals surface area contributed by atoms with Crippen LogP contribution in [0.5, 0.6) is 0 Å². The maximum atomic E-state index is 13.1. The van der Waals surface area contributed by atoms with E-state index in [-0.39, 0.29) is 11.9 Å². The summed E-state index contributed by atoms with van der Waals surface area (Å²) in [4.78, 5) is 11.3. The van der Waals surface area contributed by atoms with Crippen molar-refractivity contribution in [2.45, 2.75) is 38.2 Å². The van der Waals surface area contributed by atoms with Crippen molar-refractivity contribution < 1.29 is 19.0 Å². The number of aliphatic carboxylic acids is 1. The van der Waals surface area contributed by atoms with Crippen LogP contribution in [0.3, 0.4) is 0 Å². The number of halogens is 1. The Morgan fingerprint density at radius 1 is 1.47 bits per heavy atom. The number of benzene rings is 1. The molecular weight excluding hydrogens is 247 g/mol. The minimum Gasteiger partial charge on any atom is -0.481 e. The number of ether oxygens (including phenoxy) is 1. The highest BCUT2D eigenvalue weighted by molar-refractivity contribution is 5.70. The van der Waals surface area contributed by atoms with Gasteiger partial charge in [-0.2, -0.15) is 0 Å². The molecular formula is C15H19FO3. The van der Waals surface area contributed by atoms with Crippen LogP contribution in [0.2, 0.25) is 0 Å². The van der Waals surface area contributed by atoms with E-state index in [1.54, 1.807) is 12.1 Å². The Bertz CT molecular complexity index is 427. The molecule has 0 bridgehead atoms. The van der Waals surface area contributed by atoms with Gasteiger partial charge in [0.15, 0.2) is 0 Å². The van der Waals surface area contributed by atoms with E-state index in [9.17, 15) is 14.3 Å². The highest BCUT2D eigenvalue weighted by atomic mass is 19.1. The van der Waals surface area contributed by atoms with Gasteiger partial charge in [-0.05, 0) is 49.8 Å². The van der Waals surface area contributed by atoms with Gasteiger partial charge >= 0.3 is 5.97 Å². The topological polar surface area (TPSA) is 46.5 Å². The van der Waals surface area contributed by atoms with Crippen molar-refractivity contribution >= 4 is 5.97 Å². The second-order valence-electron chi connectivity index (χ2n) is 5.09. The predicted octanol–water partition coefficient (Wildman–Crippen LogP) is 3.03. The Morgan fingerprint density at radius 3 is 2.95 bits per heavy atom. The highest BCUT2D eigenvalue weighted by Crippen LogP contribution is 2.22. The largest absolute Gasteiger partial charge is 0.481 e. The summed E-state index contributed by atoms with van der Waals surface area (Å²) in [6.45, 7) is 0.719. The number of hydrogen-bond donors (Lipinski definition) is 1. The number of rotatable bonds is 5. The van der Waals surface area contributed by atoms with Gasteiger partial charge in [-0.1, -0.05) is 12.1 Å². The normalized spacial score (nSPS) is 21.0. The molecule has 1 N–H and O–H groups in total. The summed E-state index contributed by atoms with van der Waals surface area (Å²) in [7, 11) is 0. The van der Waals surface area contributed by atoms with Crippen molar-refractivity contribution in [1.82, 2.24) is 0 Å². The summed E-state index contributed by atoms with van der Waals surface area (Å²) in [5.74, 6) is -1.67. The van der Waals surface area contributed by atoms with Gasteiger partial charge in [0.1, 0.15) is 5.82 Å². The van der Waals surface area contributed by atoms with Crippen molar-refractivity contribution in [3.8, 4) is 0 Å². The Kier molecular flexibility index (Phi) is 4.91. The van der Waals surface area contributed by atoms with Crippen LogP contribution in [0.1, 0.15) is 31.2 Å². The van der Waals surface area contributed by atoms with Crippen LogP contribution in [0.4, 0.5) is 4.39 Å². The van der Waals surface area contributed by atoms with Crippen molar-refractivity contribution in [3.05, 3.63) is 35.6 Å². The molecule has 1 aliphatic heterocycles. The minimum atomic E-state index is -0.835. The molecule has 1 aromatic carbocycles. The zero-order chi connectivity index (χ0) is 13.7. The van der Waals surface area contributed by atoms with E-state index in [0.29, 0.717) is 12.8 Å². The summed E-state index contributed by atoms with van der Waals surface area (Å²) in [6.07, 6.45) is 3.96. The molecule has 1 aromatic rings. The SMILES string of the molecule is O=C(O)C(Cc1cccc(F)c1)CC1CCCCO1. The van der Waals surface area contributed by atoms with Crippen LogP contribution in [0, 0.1) is 11.7 Å². The molecule has 1 fully saturated rings. The van der Waals surface area contributed by atoms with E-state index in [1.807, 2.05) is 0 Å². The maximum absolute atomic E-state index is 13.1. The van der Waals surface area contributed by atoms with E-state index in [4.69, 9.17) is 4.74 Å². The molecule has 3 nitrogen and oxygen atoms in total. The fraction of sp³-hybridized carbons (Fsp3) is 0.533. The lowest BCUT2D eigenvalue weighted by Crippen LogP contribution is -2.27. The molecule has 4 heteroatoms. The Hall–Kier alpha value is -1.42. The fourth-order valence-corrected chi connectivity index (χ4v) is 2.53. The molecule has 0 aromatic heterocycles. The quantitative estimate of drug-likeness (QED) is 0.891. The molecule has 0 radical (unpaired) electrons. The first kappa shape index (κ1) is 14.0. The molecule has 0 amide bonds. The van der Waals surface area contributed by atoms with Crippen molar-refractivity contribution in [3.63, 3.8) is 0 Å². The third-order valence-corrected chi connectivity index (χ3v) is 3.54. The molecule has 19 heavy (non-hydrogen) atoms. The van der Waals surface area contributed by atoms with E-state index in [1.165, 1.54) is 12.1 Å². The second kappa shape index (κ2) is 6.66. The summed E-state index contributed by atoms with van der Waals surface area (Å²) in [5, 5.41) is 9.29. The third-order valence-electron chi connectivity index (χ3n) is 3.54. The van der Waals surface area contributed by atoms with Crippen LogP contribution in [0.25, 0.3) is 0 Å². The van der Waals surface area contributed by atoms with Gasteiger partial charge in [0.2, 0.25) is 0 Å². The summed E-state index contributed by atoms with van der Waals surface area (Å²) >= 11 is 0. The number of carbonyl (C=O) groups is 1. The Labute approximate surface area is 112 Å². The predicted molar refractivity (Wildman–Crippen MR) is 69.4 cm³/mol. The lowest BCUT2D eigenvalue weighted by molar-refractivity contribution is -0.143. The van der Waals surface area contributed by atoms with Gasteiger partial charge in [-0.3, -0.25) is 4.79 Å². The molecule has 0 spiro atoms. The average Bonchev–Trinajstić information content (AvgIpc) is 2.39. The summed E-state index contributed by atoms with van der Waals surface area (Å²) in [5.41, 5.74) is 0.725. The molecule has 0 aliphatic carbocycles. The van der Waals surface area contributed by atoms with Crippen LogP contribution >= 0.6 is 0 Å². The zero-order valence-corrected chi connectivity index (χ0v) is 10.8. The van der Waals surface area contributed by atoms with Crippen LogP contribution in [-0.2, 0) is 16.0 Å². The molecule has 1 aliphatic rings. The standard InChI is InChI=1S/C15H19FO3/c16-13-5-3-4-11(9-13)8-12(15(17)18)10-14-6-1-2-7-19-14/h3-5,9,12,14H,1-2,6-8,10H2,(H,17,18). The molecule has 104 valence electrons. The highest BCUT2D eigenvalue weighted by Gasteiger charge is 2.24. The maximum Gasteiger partial charge on any atom is 0.306 e. The first-order valence-electron chi connectivity index (χ1n) is 6.74. The number of hydrogen-bond acceptors (Lipinski definition) is 2. The van der Waals surface area contributed by atoms with Crippen molar-refractivity contribution in [2.24, 2.45) is 5.92 Å². The smallest absolute Gasteiger partial charge is 0.306 e. The Balaban J connectivity index is 1.97. The molecule has 2 atom stereocenters. The van der Waals surface area contributed by atoms with E-state index < -0.39 is 11.9 Å². The average molecular weight is 266 g/mol. The van der Waals surface area contributed by atoms with E-state index in [0.717, 1.165) is 31.4 Å². The van der Waals surface area contributed by atoms with Crippen molar-refractivity contribution in [1.29, 1.82) is 0 Å². The van der Waals surface area contributed by atoms with Gasteiger partial charge in [-0.15, -0.1) is 0 Å². The fourth-order valence-electron chi connectivity index (χ4n) is 2.53. The van der Waals surface area contributed by atoms with Crippen LogP contribution in [0.15, 0.2) is 24.3 Å². The van der Waals surface area contributed by atoms with Gasteiger partial charge in [0.25, 0.3) is 0 Å². The monoisotopic (exact) mass is 266 g/mol. The first-order valence-corrected chi connectivity index (χ1v) is 6.74. The number of carboxylic acids is 1. The zero-order valence-electron chi connectivity index (χ0n) is 10.8. The van der Waals surface area contributed by atoms with Gasteiger partial charge in [0.05, 0.1) is 12.0 Å². The third kappa shape index (κ3) is 4.31. The van der Waals surface area contributed by atoms with Gasteiger partial charge in [0, 0.05) is 6.61 Å².